The summed E-state index contributed by atoms with van der Waals surface area (Å²) in [5.41, 5.74) is 0.537. The average molecular weight is 426 g/mol. The molecule has 1 aromatic rings. The van der Waals surface area contributed by atoms with Crippen molar-refractivity contribution in [2.75, 3.05) is 38.8 Å². The van der Waals surface area contributed by atoms with Gasteiger partial charge in [-0.1, -0.05) is 31.2 Å². The monoisotopic (exact) mass is 425 g/mol. The van der Waals surface area contributed by atoms with Crippen LogP contribution in [-0.4, -0.2) is 55.6 Å². The van der Waals surface area contributed by atoms with Crippen LogP contribution >= 0.6 is 0 Å². The number of fused-ring (bicyclic) bond motifs is 5. The summed E-state index contributed by atoms with van der Waals surface area (Å²) in [7, 11) is 3.02. The van der Waals surface area contributed by atoms with Crippen LogP contribution in [0.15, 0.2) is 36.0 Å². The Hall–Kier alpha value is -2.56. The smallest absolute Gasteiger partial charge is 0.359 e. The Balaban J connectivity index is 2.00. The van der Waals surface area contributed by atoms with E-state index in [0.29, 0.717) is 19.7 Å². The second-order valence-electron chi connectivity index (χ2n) is 8.95. The summed E-state index contributed by atoms with van der Waals surface area (Å²) in [6, 6.07) is 7.82. The van der Waals surface area contributed by atoms with Gasteiger partial charge in [0.2, 0.25) is 5.72 Å². The maximum Gasteiger partial charge on any atom is 0.359 e. The van der Waals surface area contributed by atoms with Crippen LogP contribution in [0.25, 0.3) is 0 Å². The van der Waals surface area contributed by atoms with Gasteiger partial charge in [0.05, 0.1) is 13.7 Å². The molecule has 3 aliphatic rings. The summed E-state index contributed by atoms with van der Waals surface area (Å²) in [5, 5.41) is 21.7. The SMILES string of the molecule is CCC12CCCN(C#N)CC3C=C(C1COC)N(c1ccccc13)C(O)(C(=O)OC)C2. The predicted molar refractivity (Wildman–Crippen MR) is 116 cm³/mol. The van der Waals surface area contributed by atoms with Crippen molar-refractivity contribution in [1.29, 1.82) is 5.26 Å². The zero-order valence-corrected chi connectivity index (χ0v) is 18.5. The number of methoxy groups -OCH3 is 2. The third-order valence-electron chi connectivity index (χ3n) is 7.48. The van der Waals surface area contributed by atoms with Crippen LogP contribution in [0.3, 0.4) is 0 Å². The fourth-order valence-corrected chi connectivity index (χ4v) is 5.97. The number of hydrogen-bond acceptors (Lipinski definition) is 7. The second-order valence-corrected chi connectivity index (χ2v) is 8.95. The van der Waals surface area contributed by atoms with Crippen molar-refractivity contribution < 1.29 is 19.4 Å². The summed E-state index contributed by atoms with van der Waals surface area (Å²) in [5.74, 6) is -0.637. The Morgan fingerprint density at radius 3 is 2.81 bits per heavy atom. The van der Waals surface area contributed by atoms with Crippen molar-refractivity contribution in [3.8, 4) is 6.19 Å². The van der Waals surface area contributed by atoms with E-state index in [0.717, 1.165) is 36.2 Å². The van der Waals surface area contributed by atoms with Crippen LogP contribution in [0.1, 0.15) is 44.1 Å². The first-order valence-electron chi connectivity index (χ1n) is 11.0. The summed E-state index contributed by atoms with van der Waals surface area (Å²) >= 11 is 0. The van der Waals surface area contributed by atoms with Gasteiger partial charge < -0.3 is 24.4 Å². The van der Waals surface area contributed by atoms with E-state index in [1.165, 1.54) is 7.11 Å². The van der Waals surface area contributed by atoms with E-state index < -0.39 is 11.7 Å². The molecule has 3 aliphatic heterocycles. The van der Waals surface area contributed by atoms with Gasteiger partial charge in [-0.15, -0.1) is 0 Å². The highest BCUT2D eigenvalue weighted by Gasteiger charge is 2.60. The molecule has 4 rings (SSSR count). The summed E-state index contributed by atoms with van der Waals surface area (Å²) < 4.78 is 10.8. The van der Waals surface area contributed by atoms with E-state index in [1.807, 2.05) is 29.2 Å². The fourth-order valence-electron chi connectivity index (χ4n) is 5.97. The number of hydrogen-bond donors (Lipinski definition) is 1. The number of carbonyl (C=O) groups excluding carboxylic acids is 1. The number of nitrogens with zero attached hydrogens (tertiary/aromatic N) is 3. The van der Waals surface area contributed by atoms with Crippen molar-refractivity contribution in [1.82, 2.24) is 4.90 Å². The number of piperidine rings is 1. The molecule has 7 nitrogen and oxygen atoms in total. The van der Waals surface area contributed by atoms with Crippen LogP contribution < -0.4 is 4.90 Å². The standard InChI is InChI=1S/C24H31N3O4/c1-4-23-10-7-11-26(16-25)13-17-12-21(19(23)14-30-2)27(20-9-6-5-8-18(17)20)24(29,15-23)22(28)31-3/h5-6,8-9,12,17,19,29H,4,7,10-11,13-15H2,1-3H3. The molecule has 7 heteroatoms. The summed E-state index contributed by atoms with van der Waals surface area (Å²) in [4.78, 5) is 16.7. The fraction of sp³-hybridized carbons (Fsp3) is 0.583. The van der Waals surface area contributed by atoms with Crippen LogP contribution in [0.2, 0.25) is 0 Å². The number of ether oxygens (including phenoxy) is 2. The lowest BCUT2D eigenvalue weighted by Gasteiger charge is -2.58. The number of aliphatic hydroxyl groups is 1. The van der Waals surface area contributed by atoms with Crippen molar-refractivity contribution >= 4 is 11.7 Å². The Morgan fingerprint density at radius 1 is 1.35 bits per heavy atom. The van der Waals surface area contributed by atoms with Gasteiger partial charge >= 0.3 is 5.97 Å². The second kappa shape index (κ2) is 8.18. The minimum atomic E-state index is -1.80. The lowest BCUT2D eigenvalue weighted by molar-refractivity contribution is -0.171. The molecule has 1 aromatic carbocycles. The highest BCUT2D eigenvalue weighted by molar-refractivity contribution is 5.86. The molecule has 1 saturated heterocycles. The van der Waals surface area contributed by atoms with E-state index in [1.54, 1.807) is 12.0 Å². The maximum atomic E-state index is 13.1. The Bertz CT molecular complexity index is 926. The molecular formula is C24H31N3O4. The summed E-state index contributed by atoms with van der Waals surface area (Å²) in [6.07, 6.45) is 7.11. The predicted octanol–water partition coefficient (Wildman–Crippen LogP) is 2.98. The molecule has 1 fully saturated rings. The van der Waals surface area contributed by atoms with Crippen molar-refractivity contribution in [3.05, 3.63) is 41.6 Å². The number of para-hydroxylation sites is 1. The molecule has 0 saturated carbocycles. The lowest BCUT2D eigenvalue weighted by Crippen LogP contribution is -2.65. The molecule has 4 atom stereocenters. The van der Waals surface area contributed by atoms with E-state index in [-0.39, 0.29) is 23.7 Å². The van der Waals surface area contributed by atoms with Crippen LogP contribution in [-0.2, 0) is 14.3 Å². The molecule has 0 spiro atoms. The molecule has 31 heavy (non-hydrogen) atoms. The molecule has 4 unspecified atom stereocenters. The Labute approximate surface area is 183 Å². The third kappa shape index (κ3) is 3.29. The van der Waals surface area contributed by atoms with Gasteiger partial charge in [0.15, 0.2) is 6.19 Å². The van der Waals surface area contributed by atoms with Crippen molar-refractivity contribution in [2.24, 2.45) is 11.3 Å². The van der Waals surface area contributed by atoms with Gasteiger partial charge in [-0.25, -0.2) is 4.79 Å². The Morgan fingerprint density at radius 2 is 2.13 bits per heavy atom. The minimum Gasteiger partial charge on any atom is -0.465 e. The van der Waals surface area contributed by atoms with Crippen LogP contribution in [0.4, 0.5) is 5.69 Å². The van der Waals surface area contributed by atoms with Crippen molar-refractivity contribution in [2.45, 2.75) is 44.2 Å². The quantitative estimate of drug-likeness (QED) is 0.586. The molecular weight excluding hydrogens is 394 g/mol. The largest absolute Gasteiger partial charge is 0.465 e. The zero-order valence-electron chi connectivity index (χ0n) is 18.5. The van der Waals surface area contributed by atoms with Gasteiger partial charge in [-0.05, 0) is 36.3 Å². The number of esters is 1. The van der Waals surface area contributed by atoms with Crippen molar-refractivity contribution in [3.63, 3.8) is 0 Å². The number of nitriles is 1. The van der Waals surface area contributed by atoms with Gasteiger partial charge in [0, 0.05) is 49.8 Å². The van der Waals surface area contributed by atoms with E-state index in [2.05, 4.69) is 19.2 Å². The molecule has 3 bridgehead atoms. The van der Waals surface area contributed by atoms with Crippen LogP contribution in [0.5, 0.6) is 0 Å². The van der Waals surface area contributed by atoms with Gasteiger partial charge in [0.1, 0.15) is 0 Å². The first-order chi connectivity index (χ1) is 14.9. The minimum absolute atomic E-state index is 0.0193. The lowest BCUT2D eigenvalue weighted by atomic mass is 9.60. The maximum absolute atomic E-state index is 13.1. The first-order valence-corrected chi connectivity index (χ1v) is 11.0. The molecule has 166 valence electrons. The molecule has 3 heterocycles. The highest BCUT2D eigenvalue weighted by atomic mass is 16.5. The normalized spacial score (nSPS) is 32.0. The van der Waals surface area contributed by atoms with E-state index in [9.17, 15) is 15.2 Å². The zero-order chi connectivity index (χ0) is 22.2. The van der Waals surface area contributed by atoms with E-state index in [4.69, 9.17) is 9.47 Å². The van der Waals surface area contributed by atoms with Gasteiger partial charge in [0.25, 0.3) is 0 Å². The molecule has 0 aliphatic carbocycles. The number of rotatable bonds is 4. The van der Waals surface area contributed by atoms with Gasteiger partial charge in [-0.2, -0.15) is 5.26 Å². The topological polar surface area (TPSA) is 86.0 Å². The van der Waals surface area contributed by atoms with Gasteiger partial charge in [-0.3, -0.25) is 0 Å². The Kier molecular flexibility index (Phi) is 5.71. The molecule has 1 N–H and O–H groups in total. The van der Waals surface area contributed by atoms with E-state index >= 15 is 0 Å². The average Bonchev–Trinajstić information content (AvgIpc) is 2.79. The number of anilines is 1. The highest BCUT2D eigenvalue weighted by Crippen LogP contribution is 2.57. The summed E-state index contributed by atoms with van der Waals surface area (Å²) in [6.45, 7) is 3.84. The third-order valence-corrected chi connectivity index (χ3v) is 7.48. The number of carbonyl (C=O) groups is 1. The molecule has 0 amide bonds. The molecule has 0 aromatic heterocycles. The van der Waals surface area contributed by atoms with Crippen LogP contribution in [0, 0.1) is 22.8 Å². The molecule has 0 radical (unpaired) electrons. The number of benzene rings is 1. The first kappa shape index (κ1) is 21.7.